The highest BCUT2D eigenvalue weighted by Gasteiger charge is 2.48. The number of hydrogen-bond acceptors (Lipinski definition) is 4. The van der Waals surface area contributed by atoms with E-state index < -0.39 is 23.8 Å². The lowest BCUT2D eigenvalue weighted by Crippen LogP contribution is -2.41. The number of hydrogen-bond donors (Lipinski definition) is 1. The van der Waals surface area contributed by atoms with E-state index in [-0.39, 0.29) is 17.8 Å². The molecule has 150 valence electrons. The Morgan fingerprint density at radius 2 is 1.96 bits per heavy atom. The molecule has 1 heterocycles. The van der Waals surface area contributed by atoms with Crippen LogP contribution in [0.5, 0.6) is 5.75 Å². The van der Waals surface area contributed by atoms with E-state index in [0.29, 0.717) is 12.1 Å². The molecule has 0 amide bonds. The molecular weight excluding hydrogens is 359 g/mol. The van der Waals surface area contributed by atoms with Crippen LogP contribution in [0.3, 0.4) is 0 Å². The van der Waals surface area contributed by atoms with Gasteiger partial charge in [-0.1, -0.05) is 32.9 Å². The highest BCUT2D eigenvalue weighted by Crippen LogP contribution is 2.39. The first-order valence-corrected chi connectivity index (χ1v) is 9.07. The molecule has 0 aromatic heterocycles. The maximum Gasteiger partial charge on any atom is 0.430 e. The van der Waals surface area contributed by atoms with Crippen LogP contribution in [0.2, 0.25) is 0 Å². The van der Waals surface area contributed by atoms with Crippen LogP contribution in [-0.2, 0) is 14.9 Å². The minimum atomic E-state index is -4.72. The van der Waals surface area contributed by atoms with E-state index in [0.717, 1.165) is 18.5 Å². The van der Waals surface area contributed by atoms with Gasteiger partial charge in [-0.3, -0.25) is 0 Å². The van der Waals surface area contributed by atoms with Gasteiger partial charge in [-0.15, -0.1) is 0 Å². The second-order valence-corrected chi connectivity index (χ2v) is 7.17. The fraction of sp³-hybridized carbons (Fsp3) is 0.550. The summed E-state index contributed by atoms with van der Waals surface area (Å²) in [5.41, 5.74) is 0.471. The highest BCUT2D eigenvalue weighted by atomic mass is 19.4. The number of fused-ring (bicyclic) bond motifs is 1. The van der Waals surface area contributed by atoms with Crippen LogP contribution in [0.15, 0.2) is 23.8 Å². The normalized spacial score (nSPS) is 17.0. The number of carbonyl (C=O) groups is 1. The molecule has 1 aliphatic heterocycles. The Kier molecular flexibility index (Phi) is 6.57. The van der Waals surface area contributed by atoms with Gasteiger partial charge in [0, 0.05) is 17.5 Å². The maximum atomic E-state index is 13.4. The average Bonchev–Trinajstić information content (AvgIpc) is 2.59. The van der Waals surface area contributed by atoms with Crippen molar-refractivity contribution in [1.29, 1.82) is 0 Å². The minimum absolute atomic E-state index is 0.00844. The molecule has 0 saturated heterocycles. The van der Waals surface area contributed by atoms with Crippen molar-refractivity contribution >= 4 is 12.0 Å². The van der Waals surface area contributed by atoms with Gasteiger partial charge >= 0.3 is 12.1 Å². The van der Waals surface area contributed by atoms with Crippen LogP contribution >= 0.6 is 0 Å². The zero-order valence-electron chi connectivity index (χ0n) is 16.1. The van der Waals surface area contributed by atoms with Crippen molar-refractivity contribution in [2.75, 3.05) is 19.7 Å². The van der Waals surface area contributed by atoms with Crippen LogP contribution in [0, 0.1) is 0 Å². The molecule has 0 spiro atoms. The zero-order valence-corrected chi connectivity index (χ0v) is 16.1. The third kappa shape index (κ3) is 5.03. The van der Waals surface area contributed by atoms with Crippen LogP contribution < -0.4 is 10.1 Å². The van der Waals surface area contributed by atoms with Crippen molar-refractivity contribution in [3.05, 3.63) is 34.9 Å². The van der Waals surface area contributed by atoms with E-state index in [1.807, 2.05) is 19.9 Å². The number of ether oxygens (including phenoxy) is 2. The lowest BCUT2D eigenvalue weighted by atomic mass is 9.83. The highest BCUT2D eigenvalue weighted by molar-refractivity contribution is 5.96. The summed E-state index contributed by atoms with van der Waals surface area (Å²) in [6.07, 6.45) is -4.84. The molecule has 0 aliphatic carbocycles. The fourth-order valence-corrected chi connectivity index (χ4v) is 2.91. The Bertz CT molecular complexity index is 711. The Morgan fingerprint density at radius 1 is 1.26 bits per heavy atom. The second-order valence-electron chi connectivity index (χ2n) is 7.17. The van der Waals surface area contributed by atoms with Gasteiger partial charge in [-0.2, -0.15) is 13.2 Å². The molecule has 0 saturated carbocycles. The molecule has 1 atom stereocenters. The van der Waals surface area contributed by atoms with Crippen molar-refractivity contribution in [2.45, 2.75) is 51.8 Å². The SMILES string of the molecule is CCCNCC(C)(C)c1ccc2c(c1)OC(C(F)(F)F)C(C(=O)OCC)=C2. The molecule has 0 bridgehead atoms. The van der Waals surface area contributed by atoms with Gasteiger partial charge in [-0.05, 0) is 37.6 Å². The molecule has 1 aromatic rings. The Labute approximate surface area is 157 Å². The summed E-state index contributed by atoms with van der Waals surface area (Å²) in [5, 5.41) is 3.33. The molecule has 1 N–H and O–H groups in total. The Balaban J connectivity index is 2.37. The summed E-state index contributed by atoms with van der Waals surface area (Å²) < 4.78 is 50.3. The van der Waals surface area contributed by atoms with Crippen LogP contribution in [0.25, 0.3) is 6.08 Å². The first-order chi connectivity index (χ1) is 12.6. The second kappa shape index (κ2) is 8.33. The number of benzene rings is 1. The quantitative estimate of drug-likeness (QED) is 0.564. The topological polar surface area (TPSA) is 47.6 Å². The van der Waals surface area contributed by atoms with E-state index in [9.17, 15) is 18.0 Å². The summed E-state index contributed by atoms with van der Waals surface area (Å²) in [7, 11) is 0. The largest absolute Gasteiger partial charge is 0.475 e. The van der Waals surface area contributed by atoms with E-state index in [1.165, 1.54) is 6.08 Å². The van der Waals surface area contributed by atoms with Crippen molar-refractivity contribution in [3.63, 3.8) is 0 Å². The summed E-state index contributed by atoms with van der Waals surface area (Å²) in [6, 6.07) is 5.15. The van der Waals surface area contributed by atoms with E-state index in [4.69, 9.17) is 9.47 Å². The van der Waals surface area contributed by atoms with Crippen molar-refractivity contribution in [2.24, 2.45) is 0 Å². The molecule has 4 nitrogen and oxygen atoms in total. The van der Waals surface area contributed by atoms with Gasteiger partial charge in [-0.25, -0.2) is 4.79 Å². The molecule has 27 heavy (non-hydrogen) atoms. The molecule has 1 unspecified atom stereocenters. The number of halogens is 3. The van der Waals surface area contributed by atoms with Crippen molar-refractivity contribution in [3.8, 4) is 5.75 Å². The summed E-state index contributed by atoms with van der Waals surface area (Å²) in [5.74, 6) is -0.898. The number of esters is 1. The van der Waals surface area contributed by atoms with Gasteiger partial charge in [0.15, 0.2) is 0 Å². The van der Waals surface area contributed by atoms with Crippen molar-refractivity contribution < 1.29 is 27.4 Å². The maximum absolute atomic E-state index is 13.4. The molecule has 7 heteroatoms. The molecule has 2 rings (SSSR count). The monoisotopic (exact) mass is 385 g/mol. The van der Waals surface area contributed by atoms with E-state index >= 15 is 0 Å². The van der Waals surface area contributed by atoms with E-state index in [1.54, 1.807) is 19.1 Å². The first-order valence-electron chi connectivity index (χ1n) is 9.07. The van der Waals surface area contributed by atoms with Gasteiger partial charge < -0.3 is 14.8 Å². The minimum Gasteiger partial charge on any atom is -0.475 e. The molecule has 1 aromatic carbocycles. The number of alkyl halides is 3. The first kappa shape index (κ1) is 21.3. The van der Waals surface area contributed by atoms with Gasteiger partial charge in [0.2, 0.25) is 6.10 Å². The average molecular weight is 385 g/mol. The molecule has 0 fully saturated rings. The third-order valence-electron chi connectivity index (χ3n) is 4.44. The standard InChI is InChI=1S/C20H26F3NO3/c1-5-9-24-12-19(3,4)14-8-7-13-10-15(18(25)26-6-2)17(20(21,22)23)27-16(13)11-14/h7-8,10-11,17,24H,5-6,9,12H2,1-4H3. The smallest absolute Gasteiger partial charge is 0.430 e. The van der Waals surface area contributed by atoms with E-state index in [2.05, 4.69) is 12.2 Å². The zero-order chi connectivity index (χ0) is 20.2. The summed E-state index contributed by atoms with van der Waals surface area (Å²) in [6.45, 7) is 9.18. The van der Waals surface area contributed by atoms with Crippen molar-refractivity contribution in [1.82, 2.24) is 5.32 Å². The molecule has 0 radical (unpaired) electrons. The third-order valence-corrected chi connectivity index (χ3v) is 4.44. The fourth-order valence-electron chi connectivity index (χ4n) is 2.91. The predicted molar refractivity (Wildman–Crippen MR) is 97.7 cm³/mol. The summed E-state index contributed by atoms with van der Waals surface area (Å²) >= 11 is 0. The lowest BCUT2D eigenvalue weighted by molar-refractivity contribution is -0.187. The Morgan fingerprint density at radius 3 is 2.56 bits per heavy atom. The number of carbonyl (C=O) groups excluding carboxylic acids is 1. The predicted octanol–water partition coefficient (Wildman–Crippen LogP) is 4.23. The van der Waals surface area contributed by atoms with Gasteiger partial charge in [0.25, 0.3) is 0 Å². The van der Waals surface area contributed by atoms with Crippen LogP contribution in [0.1, 0.15) is 45.2 Å². The molecular formula is C20H26F3NO3. The Hall–Kier alpha value is -2.02. The van der Waals surface area contributed by atoms with Crippen LogP contribution in [-0.4, -0.2) is 37.9 Å². The summed E-state index contributed by atoms with van der Waals surface area (Å²) in [4.78, 5) is 12.0. The number of rotatable bonds is 7. The molecule has 1 aliphatic rings. The van der Waals surface area contributed by atoms with Gasteiger partial charge in [0.1, 0.15) is 5.75 Å². The lowest BCUT2D eigenvalue weighted by Gasteiger charge is -2.30. The van der Waals surface area contributed by atoms with Gasteiger partial charge in [0.05, 0.1) is 12.2 Å². The van der Waals surface area contributed by atoms with Crippen LogP contribution in [0.4, 0.5) is 13.2 Å². The number of nitrogens with one attached hydrogen (secondary N) is 1.